The summed E-state index contributed by atoms with van der Waals surface area (Å²) in [6.07, 6.45) is 4.09. The summed E-state index contributed by atoms with van der Waals surface area (Å²) in [5.74, 6) is 0.278. The Kier molecular flexibility index (Phi) is 3.51. The van der Waals surface area contributed by atoms with E-state index in [-0.39, 0.29) is 5.91 Å². The van der Waals surface area contributed by atoms with Crippen LogP contribution in [0, 0.1) is 6.92 Å². The molecule has 1 aliphatic rings. The Morgan fingerprint density at radius 2 is 2.45 bits per heavy atom. The first-order chi connectivity index (χ1) is 9.72. The van der Waals surface area contributed by atoms with Gasteiger partial charge in [0.15, 0.2) is 11.5 Å². The van der Waals surface area contributed by atoms with E-state index in [1.165, 1.54) is 0 Å². The lowest BCUT2D eigenvalue weighted by Crippen LogP contribution is -2.32. The smallest absolute Gasteiger partial charge is 0.277 e. The summed E-state index contributed by atoms with van der Waals surface area (Å²) in [5, 5.41) is 17.2. The molecule has 3 N–H and O–H groups in total. The number of aromatic amines is 1. The van der Waals surface area contributed by atoms with Gasteiger partial charge in [-0.05, 0) is 32.4 Å². The van der Waals surface area contributed by atoms with Crippen LogP contribution < -0.4 is 10.6 Å². The number of hydrogen-bond acceptors (Lipinski definition) is 4. The summed E-state index contributed by atoms with van der Waals surface area (Å²) in [5.41, 5.74) is 1.32. The Balaban J connectivity index is 1.67. The number of aryl methyl sites for hydroxylation is 1. The zero-order valence-corrected chi connectivity index (χ0v) is 11.4. The van der Waals surface area contributed by atoms with E-state index in [1.807, 2.05) is 17.8 Å². The largest absolute Gasteiger partial charge is 0.315 e. The zero-order valence-electron chi connectivity index (χ0n) is 11.4. The Labute approximate surface area is 116 Å². The number of nitrogens with one attached hydrogen (secondary N) is 3. The predicted molar refractivity (Wildman–Crippen MR) is 74.6 cm³/mol. The third-order valence-electron chi connectivity index (χ3n) is 3.43. The van der Waals surface area contributed by atoms with E-state index in [2.05, 4.69) is 25.9 Å². The summed E-state index contributed by atoms with van der Waals surface area (Å²) in [6.45, 7) is 3.85. The van der Waals surface area contributed by atoms with E-state index < -0.39 is 0 Å². The predicted octanol–water partition coefficient (Wildman–Crippen LogP) is 1.09. The molecule has 106 valence electrons. The van der Waals surface area contributed by atoms with Crippen LogP contribution in [-0.4, -0.2) is 39.0 Å². The van der Waals surface area contributed by atoms with Crippen LogP contribution in [0.15, 0.2) is 18.3 Å². The molecule has 20 heavy (non-hydrogen) atoms. The van der Waals surface area contributed by atoms with Gasteiger partial charge in [-0.1, -0.05) is 0 Å². The minimum absolute atomic E-state index is 0.237. The summed E-state index contributed by atoms with van der Waals surface area (Å²) in [7, 11) is 0. The molecule has 0 radical (unpaired) electrons. The molecule has 0 bridgehead atoms. The van der Waals surface area contributed by atoms with Crippen LogP contribution in [0.5, 0.6) is 0 Å². The van der Waals surface area contributed by atoms with Crippen molar-refractivity contribution in [3.8, 4) is 0 Å². The molecule has 7 heteroatoms. The number of anilines is 1. The molecule has 3 heterocycles. The molecule has 0 aromatic carbocycles. The summed E-state index contributed by atoms with van der Waals surface area (Å²) >= 11 is 0. The van der Waals surface area contributed by atoms with Gasteiger partial charge >= 0.3 is 0 Å². The van der Waals surface area contributed by atoms with Gasteiger partial charge < -0.3 is 10.6 Å². The van der Waals surface area contributed by atoms with Crippen LogP contribution in [0.3, 0.4) is 0 Å². The molecule has 0 saturated carbocycles. The van der Waals surface area contributed by atoms with Gasteiger partial charge in [0.05, 0.1) is 6.04 Å². The Bertz CT molecular complexity index is 596. The molecule has 2 aromatic heterocycles. The second kappa shape index (κ2) is 5.46. The minimum Gasteiger partial charge on any atom is -0.315 e. The molecule has 1 atom stereocenters. The molecular weight excluding hydrogens is 256 g/mol. The number of piperidine rings is 1. The highest BCUT2D eigenvalue weighted by molar-refractivity contribution is 6.02. The number of rotatable bonds is 3. The first-order valence-electron chi connectivity index (χ1n) is 6.81. The summed E-state index contributed by atoms with van der Waals surface area (Å²) in [4.78, 5) is 12.1. The summed E-state index contributed by atoms with van der Waals surface area (Å²) in [6, 6.07) is 3.85. The molecule has 1 amide bonds. The van der Waals surface area contributed by atoms with Gasteiger partial charge in [0.1, 0.15) is 0 Å². The average molecular weight is 274 g/mol. The number of hydrogen-bond donors (Lipinski definition) is 3. The highest BCUT2D eigenvalue weighted by atomic mass is 16.2. The van der Waals surface area contributed by atoms with Crippen LogP contribution >= 0.6 is 0 Å². The lowest BCUT2D eigenvalue weighted by atomic mass is 10.1. The number of aromatic nitrogens is 4. The van der Waals surface area contributed by atoms with Crippen LogP contribution in [-0.2, 0) is 0 Å². The Hall–Kier alpha value is -2.15. The van der Waals surface area contributed by atoms with Crippen LogP contribution in [0.2, 0.25) is 0 Å². The van der Waals surface area contributed by atoms with Crippen molar-refractivity contribution in [2.45, 2.75) is 25.8 Å². The Morgan fingerprint density at radius 3 is 3.15 bits per heavy atom. The quantitative estimate of drug-likeness (QED) is 0.782. The van der Waals surface area contributed by atoms with E-state index in [0.29, 0.717) is 17.6 Å². The van der Waals surface area contributed by atoms with Gasteiger partial charge in [-0.15, -0.1) is 0 Å². The maximum Gasteiger partial charge on any atom is 0.277 e. The van der Waals surface area contributed by atoms with Crippen LogP contribution in [0.4, 0.5) is 5.82 Å². The second-order valence-electron chi connectivity index (χ2n) is 5.07. The third-order valence-corrected chi connectivity index (χ3v) is 3.43. The van der Waals surface area contributed by atoms with Crippen molar-refractivity contribution in [2.75, 3.05) is 18.4 Å². The van der Waals surface area contributed by atoms with Crippen molar-refractivity contribution >= 4 is 11.7 Å². The molecular formula is C13H18N6O. The first-order valence-corrected chi connectivity index (χ1v) is 6.81. The zero-order chi connectivity index (χ0) is 13.9. The van der Waals surface area contributed by atoms with Gasteiger partial charge in [-0.25, -0.2) is 0 Å². The van der Waals surface area contributed by atoms with Crippen LogP contribution in [0.1, 0.15) is 35.1 Å². The number of amides is 1. The lowest BCUT2D eigenvalue weighted by Gasteiger charge is -2.22. The fraction of sp³-hybridized carbons (Fsp3) is 0.462. The maximum absolute atomic E-state index is 12.1. The second-order valence-corrected chi connectivity index (χ2v) is 5.07. The molecule has 3 rings (SSSR count). The van der Waals surface area contributed by atoms with Gasteiger partial charge in [0.2, 0.25) is 0 Å². The first kappa shape index (κ1) is 12.9. The highest BCUT2D eigenvalue weighted by Crippen LogP contribution is 2.16. The monoisotopic (exact) mass is 274 g/mol. The van der Waals surface area contributed by atoms with E-state index in [9.17, 15) is 4.79 Å². The molecule has 2 aromatic rings. The van der Waals surface area contributed by atoms with Crippen molar-refractivity contribution < 1.29 is 4.79 Å². The average Bonchev–Trinajstić information content (AvgIpc) is 3.09. The molecule has 0 spiro atoms. The van der Waals surface area contributed by atoms with Gasteiger partial charge in [0.25, 0.3) is 5.91 Å². The number of H-pyrrole nitrogens is 1. The number of nitrogens with zero attached hydrogens (tertiary/aromatic N) is 3. The van der Waals surface area contributed by atoms with Gasteiger partial charge in [0, 0.05) is 24.5 Å². The van der Waals surface area contributed by atoms with Crippen molar-refractivity contribution in [2.24, 2.45) is 0 Å². The van der Waals surface area contributed by atoms with Gasteiger partial charge in [-0.2, -0.15) is 10.2 Å². The SMILES string of the molecule is Cc1cc(NC(=O)c2ccn(C3CCCNC3)n2)n[nH]1. The number of carbonyl (C=O) groups is 1. The van der Waals surface area contributed by atoms with E-state index >= 15 is 0 Å². The van der Waals surface area contributed by atoms with Crippen molar-refractivity contribution in [3.05, 3.63) is 29.7 Å². The summed E-state index contributed by atoms with van der Waals surface area (Å²) < 4.78 is 1.87. The minimum atomic E-state index is -0.237. The van der Waals surface area contributed by atoms with Crippen LogP contribution in [0.25, 0.3) is 0 Å². The van der Waals surface area contributed by atoms with E-state index in [4.69, 9.17) is 0 Å². The molecule has 1 fully saturated rings. The fourth-order valence-corrected chi connectivity index (χ4v) is 2.38. The molecule has 1 aliphatic heterocycles. The van der Waals surface area contributed by atoms with Gasteiger partial charge in [-0.3, -0.25) is 14.6 Å². The highest BCUT2D eigenvalue weighted by Gasteiger charge is 2.18. The normalized spacial score (nSPS) is 18.9. The topological polar surface area (TPSA) is 87.6 Å². The number of carbonyl (C=O) groups excluding carboxylic acids is 1. The fourth-order valence-electron chi connectivity index (χ4n) is 2.38. The molecule has 7 nitrogen and oxygen atoms in total. The van der Waals surface area contributed by atoms with Crippen molar-refractivity contribution in [1.29, 1.82) is 0 Å². The molecule has 1 unspecified atom stereocenters. The standard InChI is InChI=1S/C13H18N6O/c1-9-7-12(17-16-9)15-13(20)11-4-6-19(18-11)10-3-2-5-14-8-10/h4,6-7,10,14H,2-3,5,8H2,1H3,(H2,15,16,17,20). The maximum atomic E-state index is 12.1. The molecule has 1 saturated heterocycles. The van der Waals surface area contributed by atoms with Crippen molar-refractivity contribution in [3.63, 3.8) is 0 Å². The lowest BCUT2D eigenvalue weighted by molar-refractivity contribution is 0.102. The third kappa shape index (κ3) is 2.72. The Morgan fingerprint density at radius 1 is 1.55 bits per heavy atom. The van der Waals surface area contributed by atoms with E-state index in [0.717, 1.165) is 31.6 Å². The van der Waals surface area contributed by atoms with Crippen molar-refractivity contribution in [1.82, 2.24) is 25.3 Å². The molecule has 0 aliphatic carbocycles. The van der Waals surface area contributed by atoms with E-state index in [1.54, 1.807) is 12.1 Å².